The van der Waals surface area contributed by atoms with E-state index in [-0.39, 0.29) is 5.92 Å². The fourth-order valence-electron chi connectivity index (χ4n) is 2.07. The molecule has 0 fully saturated rings. The first-order valence-electron chi connectivity index (χ1n) is 6.66. The maximum atomic E-state index is 12.6. The van der Waals surface area contributed by atoms with E-state index in [9.17, 15) is 8.42 Å². The normalized spacial score (nSPS) is 12.2. The molecule has 0 saturated carbocycles. The van der Waals surface area contributed by atoms with Crippen molar-refractivity contribution in [2.45, 2.75) is 25.2 Å². The first-order valence-corrected chi connectivity index (χ1v) is 8.10. The Kier molecular flexibility index (Phi) is 5.98. The van der Waals surface area contributed by atoms with Gasteiger partial charge < -0.3 is 10.5 Å². The highest BCUT2D eigenvalue weighted by molar-refractivity contribution is 7.89. The van der Waals surface area contributed by atoms with Gasteiger partial charge in [-0.3, -0.25) is 0 Å². The van der Waals surface area contributed by atoms with Crippen LogP contribution in [-0.4, -0.2) is 40.0 Å². The Morgan fingerprint density at radius 3 is 2.50 bits per heavy atom. The highest BCUT2D eigenvalue weighted by atomic mass is 32.2. The molecule has 0 aromatic heterocycles. The monoisotopic (exact) mass is 300 g/mol. The van der Waals surface area contributed by atoms with E-state index in [2.05, 4.69) is 0 Å². The topological polar surface area (TPSA) is 72.6 Å². The number of methoxy groups -OCH3 is 1. The fourth-order valence-corrected chi connectivity index (χ4v) is 3.63. The fraction of sp³-hybridized carbons (Fsp3) is 0.571. The predicted octanol–water partition coefficient (Wildman–Crippen LogP) is 1.47. The molecule has 0 bridgehead atoms. The van der Waals surface area contributed by atoms with Gasteiger partial charge in [0.25, 0.3) is 0 Å². The molecule has 0 aliphatic carbocycles. The predicted molar refractivity (Wildman–Crippen MR) is 80.4 cm³/mol. The summed E-state index contributed by atoms with van der Waals surface area (Å²) in [7, 11) is -0.331. The smallest absolute Gasteiger partial charge is 0.243 e. The van der Waals surface area contributed by atoms with Gasteiger partial charge in [0.15, 0.2) is 0 Å². The van der Waals surface area contributed by atoms with Crippen molar-refractivity contribution >= 4 is 10.0 Å². The van der Waals surface area contributed by atoms with E-state index in [0.29, 0.717) is 35.7 Å². The summed E-state index contributed by atoms with van der Waals surface area (Å²) in [5.41, 5.74) is 6.27. The van der Waals surface area contributed by atoms with Gasteiger partial charge in [0.05, 0.1) is 12.0 Å². The summed E-state index contributed by atoms with van der Waals surface area (Å²) in [4.78, 5) is 0.312. The van der Waals surface area contributed by atoms with E-state index in [1.807, 2.05) is 13.8 Å². The lowest BCUT2D eigenvalue weighted by molar-refractivity contribution is 0.411. The molecule has 1 aromatic carbocycles. The van der Waals surface area contributed by atoms with Crippen molar-refractivity contribution in [2.75, 3.05) is 27.2 Å². The number of rotatable bonds is 7. The second-order valence-corrected chi connectivity index (χ2v) is 7.21. The van der Waals surface area contributed by atoms with E-state index in [1.54, 1.807) is 32.4 Å². The Bertz CT molecular complexity index is 541. The first kappa shape index (κ1) is 16.9. The largest absolute Gasteiger partial charge is 0.497 e. The molecule has 0 atom stereocenters. The zero-order chi connectivity index (χ0) is 15.3. The summed E-state index contributed by atoms with van der Waals surface area (Å²) in [5, 5.41) is 0. The Balaban J connectivity index is 3.22. The lowest BCUT2D eigenvalue weighted by atomic mass is 10.1. The van der Waals surface area contributed by atoms with Crippen LogP contribution in [0.1, 0.15) is 19.4 Å². The van der Waals surface area contributed by atoms with Gasteiger partial charge in [0, 0.05) is 13.6 Å². The van der Waals surface area contributed by atoms with E-state index in [4.69, 9.17) is 10.5 Å². The quantitative estimate of drug-likeness (QED) is 0.827. The van der Waals surface area contributed by atoms with Gasteiger partial charge >= 0.3 is 0 Å². The molecule has 0 radical (unpaired) electrons. The Hall–Kier alpha value is -1.11. The Labute approximate surface area is 121 Å². The minimum absolute atomic E-state index is 0.269. The third kappa shape index (κ3) is 3.94. The standard InChI is InChI=1S/C14H24N2O3S/c1-11(2)10-16(3)20(17,18)14-6-5-13(19-4)9-12(14)7-8-15/h5-6,9,11H,7-8,10,15H2,1-4H3. The molecule has 114 valence electrons. The minimum atomic E-state index is -3.49. The molecule has 0 spiro atoms. The summed E-state index contributed by atoms with van der Waals surface area (Å²) in [5.74, 6) is 0.907. The third-order valence-electron chi connectivity index (χ3n) is 2.99. The summed E-state index contributed by atoms with van der Waals surface area (Å²) in [6, 6.07) is 5.00. The van der Waals surface area contributed by atoms with Crippen LogP contribution < -0.4 is 10.5 Å². The molecule has 0 heterocycles. The van der Waals surface area contributed by atoms with Crippen molar-refractivity contribution in [1.29, 1.82) is 0 Å². The van der Waals surface area contributed by atoms with Crippen LogP contribution in [0.3, 0.4) is 0 Å². The van der Waals surface area contributed by atoms with Gasteiger partial charge in [-0.15, -0.1) is 0 Å². The Morgan fingerprint density at radius 1 is 1.35 bits per heavy atom. The maximum Gasteiger partial charge on any atom is 0.243 e. The van der Waals surface area contributed by atoms with Crippen LogP contribution in [0.4, 0.5) is 0 Å². The van der Waals surface area contributed by atoms with Crippen LogP contribution >= 0.6 is 0 Å². The molecule has 1 rings (SSSR count). The molecular weight excluding hydrogens is 276 g/mol. The molecule has 2 N–H and O–H groups in total. The summed E-state index contributed by atoms with van der Waals surface area (Å²) in [6.45, 7) is 4.85. The van der Waals surface area contributed by atoms with Crippen molar-refractivity contribution in [3.8, 4) is 5.75 Å². The van der Waals surface area contributed by atoms with Crippen LogP contribution in [-0.2, 0) is 16.4 Å². The molecular formula is C14H24N2O3S. The number of hydrogen-bond donors (Lipinski definition) is 1. The van der Waals surface area contributed by atoms with Crippen molar-refractivity contribution in [2.24, 2.45) is 11.7 Å². The number of benzene rings is 1. The van der Waals surface area contributed by atoms with Crippen LogP contribution in [0.25, 0.3) is 0 Å². The number of ether oxygens (including phenoxy) is 1. The Morgan fingerprint density at radius 2 is 2.00 bits per heavy atom. The summed E-state index contributed by atoms with van der Waals surface area (Å²) >= 11 is 0. The molecule has 20 heavy (non-hydrogen) atoms. The minimum Gasteiger partial charge on any atom is -0.497 e. The molecule has 0 aliphatic heterocycles. The van der Waals surface area contributed by atoms with Crippen molar-refractivity contribution in [3.63, 3.8) is 0 Å². The number of nitrogens with zero attached hydrogens (tertiary/aromatic N) is 1. The third-order valence-corrected chi connectivity index (χ3v) is 4.92. The highest BCUT2D eigenvalue weighted by Gasteiger charge is 2.24. The van der Waals surface area contributed by atoms with Gasteiger partial charge in [-0.25, -0.2) is 12.7 Å². The molecule has 0 aliphatic rings. The lowest BCUT2D eigenvalue weighted by Crippen LogP contribution is -2.31. The molecule has 0 amide bonds. The SMILES string of the molecule is COc1ccc(S(=O)(=O)N(C)CC(C)C)c(CCN)c1. The average Bonchev–Trinajstić information content (AvgIpc) is 2.37. The molecule has 0 saturated heterocycles. The number of nitrogens with two attached hydrogens (primary N) is 1. The maximum absolute atomic E-state index is 12.6. The summed E-state index contributed by atoms with van der Waals surface area (Å²) < 4.78 is 31.7. The van der Waals surface area contributed by atoms with Crippen molar-refractivity contribution in [3.05, 3.63) is 23.8 Å². The molecule has 0 unspecified atom stereocenters. The molecule has 6 heteroatoms. The van der Waals surface area contributed by atoms with Gasteiger partial charge in [0.2, 0.25) is 10.0 Å². The average molecular weight is 300 g/mol. The summed E-state index contributed by atoms with van der Waals surface area (Å²) in [6.07, 6.45) is 0.501. The van der Waals surface area contributed by atoms with Crippen LogP contribution in [0.5, 0.6) is 5.75 Å². The van der Waals surface area contributed by atoms with Gasteiger partial charge in [0.1, 0.15) is 5.75 Å². The lowest BCUT2D eigenvalue weighted by Gasteiger charge is -2.21. The van der Waals surface area contributed by atoms with Gasteiger partial charge in [-0.2, -0.15) is 0 Å². The highest BCUT2D eigenvalue weighted by Crippen LogP contribution is 2.25. The second-order valence-electron chi connectivity index (χ2n) is 5.19. The van der Waals surface area contributed by atoms with Crippen LogP contribution in [0.2, 0.25) is 0 Å². The number of hydrogen-bond acceptors (Lipinski definition) is 4. The first-order chi connectivity index (χ1) is 9.32. The van der Waals surface area contributed by atoms with Gasteiger partial charge in [-0.05, 0) is 42.6 Å². The second kappa shape index (κ2) is 7.06. The number of sulfonamides is 1. The van der Waals surface area contributed by atoms with E-state index < -0.39 is 10.0 Å². The zero-order valence-corrected chi connectivity index (χ0v) is 13.4. The van der Waals surface area contributed by atoms with Crippen molar-refractivity contribution in [1.82, 2.24) is 4.31 Å². The van der Waals surface area contributed by atoms with Crippen LogP contribution in [0, 0.1) is 5.92 Å². The van der Waals surface area contributed by atoms with E-state index >= 15 is 0 Å². The van der Waals surface area contributed by atoms with E-state index in [1.165, 1.54) is 4.31 Å². The van der Waals surface area contributed by atoms with Crippen LogP contribution in [0.15, 0.2) is 23.1 Å². The molecule has 5 nitrogen and oxygen atoms in total. The van der Waals surface area contributed by atoms with E-state index in [0.717, 1.165) is 0 Å². The molecule has 1 aromatic rings. The van der Waals surface area contributed by atoms with Gasteiger partial charge in [-0.1, -0.05) is 13.8 Å². The zero-order valence-electron chi connectivity index (χ0n) is 12.6. The van der Waals surface area contributed by atoms with Crippen molar-refractivity contribution < 1.29 is 13.2 Å².